The predicted octanol–water partition coefficient (Wildman–Crippen LogP) is 2.98. The number of rotatable bonds is 3. The summed E-state index contributed by atoms with van der Waals surface area (Å²) in [5.74, 6) is 2.94. The lowest BCUT2D eigenvalue weighted by Crippen LogP contribution is -2.43. The zero-order chi connectivity index (χ0) is 14.6. The van der Waals surface area contributed by atoms with Crippen LogP contribution in [0.15, 0.2) is 29.3 Å². The van der Waals surface area contributed by atoms with E-state index >= 15 is 0 Å². The molecule has 2 N–H and O–H groups in total. The van der Waals surface area contributed by atoms with Gasteiger partial charge in [0.2, 0.25) is 0 Å². The van der Waals surface area contributed by atoms with Crippen molar-refractivity contribution >= 4 is 29.3 Å². The molecule has 0 saturated carbocycles. The summed E-state index contributed by atoms with van der Waals surface area (Å²) >= 11 is 7.91. The van der Waals surface area contributed by atoms with Crippen LogP contribution in [-0.2, 0) is 5.41 Å². The van der Waals surface area contributed by atoms with E-state index in [1.807, 2.05) is 23.9 Å². The first-order valence-corrected chi connectivity index (χ1v) is 8.41. The van der Waals surface area contributed by atoms with E-state index in [-0.39, 0.29) is 5.41 Å². The lowest BCUT2D eigenvalue weighted by molar-refractivity contribution is 0.449. The molecule has 0 bridgehead atoms. The molecule has 5 heteroatoms. The van der Waals surface area contributed by atoms with Gasteiger partial charge in [-0.2, -0.15) is 11.8 Å². The van der Waals surface area contributed by atoms with E-state index < -0.39 is 0 Å². The second-order valence-electron chi connectivity index (χ2n) is 5.66. The van der Waals surface area contributed by atoms with Gasteiger partial charge in [-0.3, -0.25) is 4.99 Å². The van der Waals surface area contributed by atoms with Crippen molar-refractivity contribution in [1.82, 2.24) is 4.90 Å². The van der Waals surface area contributed by atoms with Gasteiger partial charge in [-0.05, 0) is 17.7 Å². The molecule has 0 aromatic heterocycles. The van der Waals surface area contributed by atoms with Crippen LogP contribution in [0.2, 0.25) is 5.02 Å². The van der Waals surface area contributed by atoms with Crippen LogP contribution in [0.3, 0.4) is 0 Å². The van der Waals surface area contributed by atoms with Crippen molar-refractivity contribution < 1.29 is 0 Å². The Morgan fingerprint density at radius 2 is 1.90 bits per heavy atom. The number of nitrogens with two attached hydrogens (primary N) is 1. The molecule has 0 aliphatic carbocycles. The van der Waals surface area contributed by atoms with Crippen molar-refractivity contribution in [2.45, 2.75) is 19.3 Å². The summed E-state index contributed by atoms with van der Waals surface area (Å²) in [6.07, 6.45) is 0. The summed E-state index contributed by atoms with van der Waals surface area (Å²) in [4.78, 5) is 6.77. The maximum Gasteiger partial charge on any atom is 0.191 e. The van der Waals surface area contributed by atoms with Crippen LogP contribution in [0.25, 0.3) is 0 Å². The van der Waals surface area contributed by atoms with Crippen LogP contribution in [0.4, 0.5) is 0 Å². The average molecular weight is 312 g/mol. The lowest BCUT2D eigenvalue weighted by Gasteiger charge is -2.29. The Kier molecular flexibility index (Phi) is 5.22. The van der Waals surface area contributed by atoms with Gasteiger partial charge in [0.15, 0.2) is 5.96 Å². The molecule has 1 aliphatic heterocycles. The lowest BCUT2D eigenvalue weighted by atomic mass is 9.85. The highest BCUT2D eigenvalue weighted by Crippen LogP contribution is 2.25. The minimum absolute atomic E-state index is 0.0419. The Bertz CT molecular complexity index is 465. The first-order valence-electron chi connectivity index (χ1n) is 6.88. The number of benzene rings is 1. The van der Waals surface area contributed by atoms with E-state index in [9.17, 15) is 0 Å². The summed E-state index contributed by atoms with van der Waals surface area (Å²) in [6, 6.07) is 7.97. The smallest absolute Gasteiger partial charge is 0.191 e. The van der Waals surface area contributed by atoms with E-state index in [4.69, 9.17) is 17.3 Å². The molecule has 2 rings (SSSR count). The van der Waals surface area contributed by atoms with Crippen molar-refractivity contribution in [1.29, 1.82) is 0 Å². The highest BCUT2D eigenvalue weighted by Gasteiger charge is 2.21. The van der Waals surface area contributed by atoms with Crippen LogP contribution in [0.1, 0.15) is 19.4 Å². The standard InChI is InChI=1S/C15H22ClN3S/c1-15(2,12-3-5-13(16)6-4-12)11-18-14(17)19-7-9-20-10-8-19/h3-6H,7-11H2,1-2H3,(H2,17,18). The molecular weight excluding hydrogens is 290 g/mol. The maximum atomic E-state index is 6.10. The first-order chi connectivity index (χ1) is 9.49. The topological polar surface area (TPSA) is 41.6 Å². The Labute approximate surface area is 130 Å². The van der Waals surface area contributed by atoms with Crippen molar-refractivity contribution in [3.05, 3.63) is 34.9 Å². The summed E-state index contributed by atoms with van der Waals surface area (Å²) < 4.78 is 0. The van der Waals surface area contributed by atoms with Crippen molar-refractivity contribution in [2.24, 2.45) is 10.7 Å². The highest BCUT2D eigenvalue weighted by molar-refractivity contribution is 7.99. The number of hydrogen-bond donors (Lipinski definition) is 1. The molecule has 1 aliphatic rings. The number of thioether (sulfide) groups is 1. The van der Waals surface area contributed by atoms with Crippen LogP contribution >= 0.6 is 23.4 Å². The summed E-state index contributed by atoms with van der Waals surface area (Å²) in [7, 11) is 0. The average Bonchev–Trinajstić information content (AvgIpc) is 2.46. The van der Waals surface area contributed by atoms with E-state index in [0.29, 0.717) is 12.5 Å². The molecule has 1 saturated heterocycles. The van der Waals surface area contributed by atoms with Crippen LogP contribution in [-0.4, -0.2) is 42.0 Å². The molecule has 0 unspecified atom stereocenters. The Hall–Kier alpha value is -0.870. The van der Waals surface area contributed by atoms with Gasteiger partial charge in [0.05, 0.1) is 6.54 Å². The van der Waals surface area contributed by atoms with Gasteiger partial charge >= 0.3 is 0 Å². The summed E-state index contributed by atoms with van der Waals surface area (Å²) in [5.41, 5.74) is 7.29. The fourth-order valence-corrected chi connectivity index (χ4v) is 3.19. The zero-order valence-corrected chi connectivity index (χ0v) is 13.7. The summed E-state index contributed by atoms with van der Waals surface area (Å²) in [5, 5.41) is 0.762. The second kappa shape index (κ2) is 6.72. The monoisotopic (exact) mass is 311 g/mol. The minimum Gasteiger partial charge on any atom is -0.370 e. The number of nitrogens with zero attached hydrogens (tertiary/aromatic N) is 2. The molecule has 1 fully saturated rings. The number of guanidine groups is 1. The molecule has 0 atom stereocenters. The predicted molar refractivity (Wildman–Crippen MR) is 89.9 cm³/mol. The van der Waals surface area contributed by atoms with Gasteiger partial charge in [0.1, 0.15) is 0 Å². The molecule has 3 nitrogen and oxygen atoms in total. The zero-order valence-electron chi connectivity index (χ0n) is 12.1. The molecule has 20 heavy (non-hydrogen) atoms. The molecule has 0 amide bonds. The van der Waals surface area contributed by atoms with Crippen LogP contribution in [0.5, 0.6) is 0 Å². The fraction of sp³-hybridized carbons (Fsp3) is 0.533. The maximum absolute atomic E-state index is 6.10. The molecule has 1 heterocycles. The second-order valence-corrected chi connectivity index (χ2v) is 7.33. The number of aliphatic imine (C=N–C) groups is 1. The largest absolute Gasteiger partial charge is 0.370 e. The third kappa shape index (κ3) is 4.06. The van der Waals surface area contributed by atoms with E-state index in [1.54, 1.807) is 0 Å². The molecule has 110 valence electrons. The van der Waals surface area contributed by atoms with Gasteiger partial charge in [0, 0.05) is 35.0 Å². The minimum atomic E-state index is -0.0419. The summed E-state index contributed by atoms with van der Waals surface area (Å²) in [6.45, 7) is 7.05. The Morgan fingerprint density at radius 3 is 2.50 bits per heavy atom. The van der Waals surface area contributed by atoms with E-state index in [0.717, 1.165) is 29.6 Å². The number of halogens is 1. The van der Waals surface area contributed by atoms with E-state index in [1.165, 1.54) is 5.56 Å². The fourth-order valence-electron chi connectivity index (χ4n) is 2.16. The molecule has 1 aromatic rings. The van der Waals surface area contributed by atoms with Gasteiger partial charge in [-0.15, -0.1) is 0 Å². The van der Waals surface area contributed by atoms with Gasteiger partial charge in [-0.25, -0.2) is 0 Å². The normalized spacial score (nSPS) is 17.4. The van der Waals surface area contributed by atoms with Crippen molar-refractivity contribution in [3.63, 3.8) is 0 Å². The molecular formula is C15H22ClN3S. The Balaban J connectivity index is 2.01. The van der Waals surface area contributed by atoms with Gasteiger partial charge in [0.25, 0.3) is 0 Å². The molecule has 0 radical (unpaired) electrons. The van der Waals surface area contributed by atoms with E-state index in [2.05, 4.69) is 35.9 Å². The molecule has 1 aromatic carbocycles. The first kappa shape index (κ1) is 15.5. The van der Waals surface area contributed by atoms with Crippen molar-refractivity contribution in [3.8, 4) is 0 Å². The highest BCUT2D eigenvalue weighted by atomic mass is 35.5. The Morgan fingerprint density at radius 1 is 1.30 bits per heavy atom. The van der Waals surface area contributed by atoms with Gasteiger partial charge < -0.3 is 10.6 Å². The van der Waals surface area contributed by atoms with Crippen LogP contribution in [0, 0.1) is 0 Å². The SMILES string of the molecule is CC(C)(CN=C(N)N1CCSCC1)c1ccc(Cl)cc1. The molecule has 0 spiro atoms. The number of hydrogen-bond acceptors (Lipinski definition) is 2. The quantitative estimate of drug-likeness (QED) is 0.689. The third-order valence-electron chi connectivity index (χ3n) is 3.60. The van der Waals surface area contributed by atoms with Crippen LogP contribution < -0.4 is 5.73 Å². The van der Waals surface area contributed by atoms with Gasteiger partial charge in [-0.1, -0.05) is 37.6 Å². The third-order valence-corrected chi connectivity index (χ3v) is 4.79. The van der Waals surface area contributed by atoms with Crippen molar-refractivity contribution in [2.75, 3.05) is 31.1 Å².